The molecule has 2 amide bonds. The summed E-state index contributed by atoms with van der Waals surface area (Å²) in [6.07, 6.45) is 13.9. The maximum Gasteiger partial charge on any atom is 0.273 e. The molecule has 3 aliphatic rings. The van der Waals surface area contributed by atoms with E-state index < -0.39 is 0 Å². The van der Waals surface area contributed by atoms with Crippen molar-refractivity contribution >= 4 is 11.8 Å². The van der Waals surface area contributed by atoms with Crippen LogP contribution in [-0.4, -0.2) is 50.3 Å². The summed E-state index contributed by atoms with van der Waals surface area (Å²) in [6.45, 7) is 1.59. The fraction of sp³-hybridized carbons (Fsp3) is 0.800. The van der Waals surface area contributed by atoms with Crippen LogP contribution in [0.15, 0.2) is 6.20 Å². The molecule has 7 nitrogen and oxygen atoms in total. The van der Waals surface area contributed by atoms with Gasteiger partial charge < -0.3 is 10.2 Å². The number of carbonyl (C=O) groups is 2. The minimum atomic E-state index is -0.129. The Morgan fingerprint density at radius 3 is 2.59 bits per heavy atom. The molecule has 7 heteroatoms. The van der Waals surface area contributed by atoms with E-state index >= 15 is 0 Å². The van der Waals surface area contributed by atoms with Crippen LogP contribution in [0.2, 0.25) is 0 Å². The van der Waals surface area contributed by atoms with Gasteiger partial charge >= 0.3 is 0 Å². The number of aryl methyl sites for hydroxylation is 1. The van der Waals surface area contributed by atoms with Crippen molar-refractivity contribution < 1.29 is 9.59 Å². The molecule has 0 aromatic carbocycles. The van der Waals surface area contributed by atoms with Crippen LogP contribution in [0.4, 0.5) is 0 Å². The number of rotatable bonds is 6. The summed E-state index contributed by atoms with van der Waals surface area (Å²) in [5.41, 5.74) is 0.390. The number of aromatic nitrogens is 3. The van der Waals surface area contributed by atoms with Gasteiger partial charge in [0.2, 0.25) is 5.91 Å². The average Bonchev–Trinajstić information content (AvgIpc) is 3.39. The van der Waals surface area contributed by atoms with Crippen molar-refractivity contribution in [2.45, 2.75) is 89.3 Å². The van der Waals surface area contributed by atoms with Crippen molar-refractivity contribution in [2.24, 2.45) is 5.92 Å². The Balaban J connectivity index is 1.32. The van der Waals surface area contributed by atoms with E-state index in [0.29, 0.717) is 30.2 Å². The number of hydrogen-bond donors (Lipinski definition) is 1. The van der Waals surface area contributed by atoms with Gasteiger partial charge in [-0.15, -0.1) is 5.10 Å². The quantitative estimate of drug-likeness (QED) is 0.831. The highest BCUT2D eigenvalue weighted by atomic mass is 16.2. The van der Waals surface area contributed by atoms with Gasteiger partial charge in [0.25, 0.3) is 5.91 Å². The summed E-state index contributed by atoms with van der Waals surface area (Å²) in [6, 6.07) is 0.616. The van der Waals surface area contributed by atoms with Crippen LogP contribution in [0.1, 0.15) is 81.1 Å². The molecule has 1 aromatic rings. The highest BCUT2D eigenvalue weighted by molar-refractivity contribution is 5.92. The van der Waals surface area contributed by atoms with Crippen molar-refractivity contribution in [1.82, 2.24) is 25.2 Å². The van der Waals surface area contributed by atoms with Crippen LogP contribution in [0.3, 0.4) is 0 Å². The third-order valence-electron chi connectivity index (χ3n) is 6.24. The molecule has 0 spiro atoms. The second-order valence-electron chi connectivity index (χ2n) is 8.42. The SMILES string of the molecule is O=C(NC1CC1)c1cn(CCC2CCCCN2C(=O)C2CCCCC2)nn1. The summed E-state index contributed by atoms with van der Waals surface area (Å²) < 4.78 is 1.75. The van der Waals surface area contributed by atoms with Crippen LogP contribution in [-0.2, 0) is 11.3 Å². The van der Waals surface area contributed by atoms with Gasteiger partial charge in [0.15, 0.2) is 5.69 Å². The first-order chi connectivity index (χ1) is 13.2. The lowest BCUT2D eigenvalue weighted by atomic mass is 9.87. The monoisotopic (exact) mass is 373 g/mol. The van der Waals surface area contributed by atoms with E-state index in [-0.39, 0.29) is 11.8 Å². The van der Waals surface area contributed by atoms with Gasteiger partial charge in [-0.25, -0.2) is 0 Å². The molecule has 3 fully saturated rings. The van der Waals surface area contributed by atoms with Gasteiger partial charge in [-0.2, -0.15) is 0 Å². The summed E-state index contributed by atoms with van der Waals surface area (Å²) >= 11 is 0. The van der Waals surface area contributed by atoms with Gasteiger partial charge in [0, 0.05) is 31.1 Å². The first kappa shape index (κ1) is 18.4. The first-order valence-corrected chi connectivity index (χ1v) is 10.7. The van der Waals surface area contributed by atoms with E-state index in [1.54, 1.807) is 10.9 Å². The summed E-state index contributed by atoms with van der Waals surface area (Å²) in [4.78, 5) is 27.2. The molecule has 0 radical (unpaired) electrons. The maximum atomic E-state index is 13.0. The first-order valence-electron chi connectivity index (χ1n) is 10.7. The largest absolute Gasteiger partial charge is 0.348 e. The smallest absolute Gasteiger partial charge is 0.273 e. The third kappa shape index (κ3) is 4.68. The topological polar surface area (TPSA) is 80.1 Å². The van der Waals surface area contributed by atoms with Crippen LogP contribution in [0.25, 0.3) is 0 Å². The van der Waals surface area contributed by atoms with Crippen LogP contribution in [0, 0.1) is 5.92 Å². The number of carbonyl (C=O) groups excluding carboxylic acids is 2. The van der Waals surface area contributed by atoms with E-state index in [0.717, 1.165) is 51.5 Å². The van der Waals surface area contributed by atoms with Gasteiger partial charge in [0.05, 0.1) is 6.20 Å². The standard InChI is InChI=1S/C20H31N5O2/c26-19(21-16-9-10-16)18-14-24(23-22-18)13-11-17-8-4-5-12-25(17)20(27)15-6-2-1-3-7-15/h14-17H,1-13H2,(H,21,26). The highest BCUT2D eigenvalue weighted by Crippen LogP contribution is 2.29. The van der Waals surface area contributed by atoms with Crippen LogP contribution >= 0.6 is 0 Å². The summed E-state index contributed by atoms with van der Waals surface area (Å²) in [5.74, 6) is 0.487. The average molecular weight is 374 g/mol. The minimum Gasteiger partial charge on any atom is -0.348 e. The lowest BCUT2D eigenvalue weighted by Crippen LogP contribution is -2.47. The van der Waals surface area contributed by atoms with Gasteiger partial charge in [-0.05, 0) is 51.4 Å². The third-order valence-corrected chi connectivity index (χ3v) is 6.24. The molecule has 1 unspecified atom stereocenters. The number of amides is 2. The molecule has 27 heavy (non-hydrogen) atoms. The zero-order chi connectivity index (χ0) is 18.6. The normalized spacial score (nSPS) is 24.0. The molecular weight excluding hydrogens is 342 g/mol. The summed E-state index contributed by atoms with van der Waals surface area (Å²) in [7, 11) is 0. The molecule has 0 bridgehead atoms. The number of nitrogens with zero attached hydrogens (tertiary/aromatic N) is 4. The zero-order valence-electron chi connectivity index (χ0n) is 16.1. The number of piperidine rings is 1. The summed E-state index contributed by atoms with van der Waals surface area (Å²) in [5, 5.41) is 11.1. The molecule has 2 heterocycles. The Morgan fingerprint density at radius 2 is 1.81 bits per heavy atom. The van der Waals surface area contributed by atoms with E-state index in [9.17, 15) is 9.59 Å². The Morgan fingerprint density at radius 1 is 1.04 bits per heavy atom. The predicted octanol–water partition coefficient (Wildman–Crippen LogP) is 2.52. The molecule has 1 aromatic heterocycles. The molecule has 1 aliphatic heterocycles. The Bertz CT molecular complexity index is 663. The molecule has 4 rings (SSSR count). The molecule has 1 atom stereocenters. The fourth-order valence-corrected chi connectivity index (χ4v) is 4.45. The fourth-order valence-electron chi connectivity index (χ4n) is 4.45. The number of hydrogen-bond acceptors (Lipinski definition) is 4. The molecule has 1 saturated heterocycles. The molecule has 2 saturated carbocycles. The van der Waals surface area contributed by atoms with Crippen molar-refractivity contribution in [2.75, 3.05) is 6.54 Å². The van der Waals surface area contributed by atoms with E-state index in [4.69, 9.17) is 0 Å². The van der Waals surface area contributed by atoms with E-state index in [1.165, 1.54) is 25.7 Å². The Kier molecular flexibility index (Phi) is 5.74. The number of likely N-dealkylation sites (tertiary alicyclic amines) is 1. The Labute approximate surface area is 160 Å². The molecule has 1 N–H and O–H groups in total. The highest BCUT2D eigenvalue weighted by Gasteiger charge is 2.32. The number of nitrogens with one attached hydrogen (secondary N) is 1. The van der Waals surface area contributed by atoms with Gasteiger partial charge in [-0.3, -0.25) is 14.3 Å². The maximum absolute atomic E-state index is 13.0. The van der Waals surface area contributed by atoms with E-state index in [1.807, 2.05) is 0 Å². The van der Waals surface area contributed by atoms with Crippen molar-refractivity contribution in [1.29, 1.82) is 0 Å². The van der Waals surface area contributed by atoms with Crippen LogP contribution < -0.4 is 5.32 Å². The molecule has 2 aliphatic carbocycles. The van der Waals surface area contributed by atoms with Gasteiger partial charge in [0.1, 0.15) is 0 Å². The predicted molar refractivity (Wildman–Crippen MR) is 101 cm³/mol. The molecule has 148 valence electrons. The second kappa shape index (κ2) is 8.40. The zero-order valence-corrected chi connectivity index (χ0v) is 16.1. The van der Waals surface area contributed by atoms with Crippen molar-refractivity contribution in [3.8, 4) is 0 Å². The molecular formula is C20H31N5O2. The van der Waals surface area contributed by atoms with Crippen LogP contribution in [0.5, 0.6) is 0 Å². The lowest BCUT2D eigenvalue weighted by molar-refractivity contribution is -0.140. The lowest BCUT2D eigenvalue weighted by Gasteiger charge is -2.38. The van der Waals surface area contributed by atoms with Crippen molar-refractivity contribution in [3.05, 3.63) is 11.9 Å². The van der Waals surface area contributed by atoms with Gasteiger partial charge in [-0.1, -0.05) is 24.5 Å². The van der Waals surface area contributed by atoms with Crippen molar-refractivity contribution in [3.63, 3.8) is 0 Å². The minimum absolute atomic E-state index is 0.129. The van der Waals surface area contributed by atoms with E-state index in [2.05, 4.69) is 20.5 Å². The second-order valence-corrected chi connectivity index (χ2v) is 8.42. The Hall–Kier alpha value is -1.92.